The minimum Gasteiger partial charge on any atom is -0.496 e. The maximum Gasteiger partial charge on any atom is 0.306 e. The molecule has 1 atom stereocenters. The molecule has 1 aromatic carbocycles. The summed E-state index contributed by atoms with van der Waals surface area (Å²) in [6.45, 7) is 3.75. The first kappa shape index (κ1) is 18.0. The van der Waals surface area contributed by atoms with Gasteiger partial charge in [0, 0.05) is 15.3 Å². The highest BCUT2D eigenvalue weighted by Gasteiger charge is 2.32. The molecule has 1 aromatic heterocycles. The summed E-state index contributed by atoms with van der Waals surface area (Å²) in [4.78, 5) is 16.4. The van der Waals surface area contributed by atoms with Gasteiger partial charge < -0.3 is 9.84 Å². The van der Waals surface area contributed by atoms with E-state index < -0.39 is 5.97 Å². The maximum atomic E-state index is 11.3. The molecule has 0 aliphatic carbocycles. The molecule has 134 valence electrons. The van der Waals surface area contributed by atoms with Crippen molar-refractivity contribution < 1.29 is 14.6 Å². The van der Waals surface area contributed by atoms with Gasteiger partial charge in [-0.2, -0.15) is 0 Å². The number of hydrogen-bond donors (Lipinski definition) is 1. The molecule has 0 saturated carbocycles. The smallest absolute Gasteiger partial charge is 0.306 e. The molecular weight excluding hydrogens is 334 g/mol. The normalized spacial score (nSPS) is 17.4. The molecule has 0 amide bonds. The number of hydrogen-bond acceptors (Lipinski definition) is 4. The van der Waals surface area contributed by atoms with Crippen LogP contribution in [0.3, 0.4) is 0 Å². The number of benzene rings is 1. The number of aliphatic carboxylic acids is 1. The Hall–Kier alpha value is -1.85. The number of aryl methyl sites for hydroxylation is 1. The lowest BCUT2D eigenvalue weighted by Gasteiger charge is -2.36. The Morgan fingerprint density at radius 3 is 2.60 bits per heavy atom. The zero-order valence-electron chi connectivity index (χ0n) is 14.8. The van der Waals surface area contributed by atoms with E-state index in [-0.39, 0.29) is 12.0 Å². The third-order valence-electron chi connectivity index (χ3n) is 4.98. The largest absolute Gasteiger partial charge is 0.496 e. The van der Waals surface area contributed by atoms with E-state index in [2.05, 4.69) is 30.0 Å². The van der Waals surface area contributed by atoms with Crippen molar-refractivity contribution in [2.24, 2.45) is 5.92 Å². The summed E-state index contributed by atoms with van der Waals surface area (Å²) in [6.07, 6.45) is 2.43. The van der Waals surface area contributed by atoms with E-state index in [1.54, 1.807) is 7.11 Å². The number of para-hydroxylation sites is 1. The van der Waals surface area contributed by atoms with Gasteiger partial charge in [-0.1, -0.05) is 25.1 Å². The molecule has 3 rings (SSSR count). The van der Waals surface area contributed by atoms with Crippen LogP contribution in [0.1, 0.15) is 41.1 Å². The molecule has 25 heavy (non-hydrogen) atoms. The van der Waals surface area contributed by atoms with E-state index >= 15 is 0 Å². The first-order valence-electron chi connectivity index (χ1n) is 8.82. The predicted molar refractivity (Wildman–Crippen MR) is 100 cm³/mol. The summed E-state index contributed by atoms with van der Waals surface area (Å²) in [7, 11) is 1.71. The Morgan fingerprint density at radius 1 is 1.28 bits per heavy atom. The van der Waals surface area contributed by atoms with Crippen LogP contribution in [0, 0.1) is 5.92 Å². The van der Waals surface area contributed by atoms with Gasteiger partial charge in [0.2, 0.25) is 0 Å². The van der Waals surface area contributed by atoms with E-state index in [0.717, 1.165) is 30.8 Å². The lowest BCUT2D eigenvalue weighted by Crippen LogP contribution is -2.39. The molecule has 0 radical (unpaired) electrons. The van der Waals surface area contributed by atoms with Crippen molar-refractivity contribution in [3.05, 3.63) is 51.7 Å². The van der Waals surface area contributed by atoms with Crippen molar-refractivity contribution in [1.82, 2.24) is 4.90 Å². The summed E-state index contributed by atoms with van der Waals surface area (Å²) in [5.74, 6) is 0.00120. The Balaban J connectivity index is 1.94. The van der Waals surface area contributed by atoms with Gasteiger partial charge in [-0.3, -0.25) is 9.69 Å². The Kier molecular flexibility index (Phi) is 5.76. The van der Waals surface area contributed by atoms with Gasteiger partial charge >= 0.3 is 5.97 Å². The number of methoxy groups -OCH3 is 1. The van der Waals surface area contributed by atoms with Crippen LogP contribution in [-0.2, 0) is 11.2 Å². The number of carboxylic acids is 1. The number of rotatable bonds is 6. The molecule has 1 aliphatic rings. The Bertz CT molecular complexity index is 719. The lowest BCUT2D eigenvalue weighted by atomic mass is 9.93. The minimum absolute atomic E-state index is 0.121. The van der Waals surface area contributed by atoms with Crippen LogP contribution in [0.25, 0.3) is 0 Å². The third-order valence-corrected chi connectivity index (χ3v) is 6.26. The molecule has 5 heteroatoms. The molecule has 2 aromatic rings. The molecule has 1 fully saturated rings. The number of likely N-dealkylation sites (tertiary alicyclic amines) is 1. The Morgan fingerprint density at radius 2 is 2.00 bits per heavy atom. The van der Waals surface area contributed by atoms with Crippen LogP contribution in [0.5, 0.6) is 5.75 Å². The van der Waals surface area contributed by atoms with Gasteiger partial charge in [0.25, 0.3) is 0 Å². The number of carboxylic acid groups (broad SMARTS) is 1. The second kappa shape index (κ2) is 8.02. The van der Waals surface area contributed by atoms with Crippen LogP contribution in [0.4, 0.5) is 0 Å². The zero-order chi connectivity index (χ0) is 17.8. The number of thiophene rings is 1. The molecule has 0 spiro atoms. The van der Waals surface area contributed by atoms with Gasteiger partial charge in [-0.25, -0.2) is 0 Å². The highest BCUT2D eigenvalue weighted by Crippen LogP contribution is 2.39. The van der Waals surface area contributed by atoms with E-state index in [9.17, 15) is 9.90 Å². The fraction of sp³-hybridized carbons (Fsp3) is 0.450. The SMILES string of the molecule is CCc1ccc(C(c2ccccc2OC)N2CCC(C(=O)O)CC2)s1. The lowest BCUT2D eigenvalue weighted by molar-refractivity contribution is -0.143. The average Bonchev–Trinajstić information content (AvgIpc) is 3.11. The topological polar surface area (TPSA) is 49.8 Å². The van der Waals surface area contributed by atoms with Crippen molar-refractivity contribution in [2.45, 2.75) is 32.2 Å². The highest BCUT2D eigenvalue weighted by molar-refractivity contribution is 7.12. The molecular formula is C20H25NO3S. The van der Waals surface area contributed by atoms with Gasteiger partial charge in [0.05, 0.1) is 19.1 Å². The predicted octanol–water partition coefficient (Wildman–Crippen LogP) is 4.21. The standard InChI is InChI=1S/C20H25NO3S/c1-3-15-8-9-18(25-15)19(16-6-4-5-7-17(16)24-2)21-12-10-14(11-13-21)20(22)23/h4-9,14,19H,3,10-13H2,1-2H3,(H,22,23). The first-order valence-corrected chi connectivity index (χ1v) is 9.64. The van der Waals surface area contributed by atoms with Gasteiger partial charge in [-0.05, 0) is 50.6 Å². The van der Waals surface area contributed by atoms with Crippen LogP contribution >= 0.6 is 11.3 Å². The Labute approximate surface area is 153 Å². The summed E-state index contributed by atoms with van der Waals surface area (Å²) in [6, 6.07) is 12.7. The summed E-state index contributed by atoms with van der Waals surface area (Å²) in [5, 5.41) is 9.28. The van der Waals surface area contributed by atoms with Crippen LogP contribution < -0.4 is 4.74 Å². The molecule has 4 nitrogen and oxygen atoms in total. The van der Waals surface area contributed by atoms with E-state index in [4.69, 9.17) is 4.74 Å². The average molecular weight is 359 g/mol. The molecule has 2 heterocycles. The molecule has 0 bridgehead atoms. The number of piperidine rings is 1. The molecule has 1 unspecified atom stereocenters. The zero-order valence-corrected chi connectivity index (χ0v) is 15.6. The van der Waals surface area contributed by atoms with Gasteiger partial charge in [-0.15, -0.1) is 11.3 Å². The van der Waals surface area contributed by atoms with Gasteiger partial charge in [0.15, 0.2) is 0 Å². The van der Waals surface area contributed by atoms with Crippen molar-refractivity contribution in [3.8, 4) is 5.75 Å². The first-order chi connectivity index (χ1) is 12.1. The quantitative estimate of drug-likeness (QED) is 0.839. The van der Waals surface area contributed by atoms with Crippen molar-refractivity contribution in [1.29, 1.82) is 0 Å². The van der Waals surface area contributed by atoms with Gasteiger partial charge in [0.1, 0.15) is 5.75 Å². The maximum absolute atomic E-state index is 11.3. The summed E-state index contributed by atoms with van der Waals surface area (Å²) >= 11 is 1.84. The summed E-state index contributed by atoms with van der Waals surface area (Å²) < 4.78 is 5.61. The molecule has 1 saturated heterocycles. The monoisotopic (exact) mass is 359 g/mol. The van der Waals surface area contributed by atoms with Crippen LogP contribution in [0.15, 0.2) is 36.4 Å². The van der Waals surface area contributed by atoms with Crippen LogP contribution in [-0.4, -0.2) is 36.2 Å². The minimum atomic E-state index is -0.669. The number of carbonyl (C=O) groups is 1. The number of nitrogens with zero attached hydrogens (tertiary/aromatic N) is 1. The molecule has 1 aliphatic heterocycles. The molecule has 1 N–H and O–H groups in total. The van der Waals surface area contributed by atoms with Crippen molar-refractivity contribution in [3.63, 3.8) is 0 Å². The second-order valence-corrected chi connectivity index (χ2v) is 7.65. The van der Waals surface area contributed by atoms with Crippen LogP contribution in [0.2, 0.25) is 0 Å². The number of ether oxygens (including phenoxy) is 1. The van der Waals surface area contributed by atoms with Crippen molar-refractivity contribution in [2.75, 3.05) is 20.2 Å². The fourth-order valence-electron chi connectivity index (χ4n) is 3.56. The third kappa shape index (κ3) is 3.88. The van der Waals surface area contributed by atoms with E-state index in [0.29, 0.717) is 12.8 Å². The van der Waals surface area contributed by atoms with E-state index in [1.807, 2.05) is 29.5 Å². The summed E-state index contributed by atoms with van der Waals surface area (Å²) in [5.41, 5.74) is 1.16. The van der Waals surface area contributed by atoms with E-state index in [1.165, 1.54) is 9.75 Å². The van der Waals surface area contributed by atoms with Crippen molar-refractivity contribution >= 4 is 17.3 Å². The highest BCUT2D eigenvalue weighted by atomic mass is 32.1. The fourth-order valence-corrected chi connectivity index (χ4v) is 4.67. The second-order valence-electron chi connectivity index (χ2n) is 6.45.